The second-order valence-corrected chi connectivity index (χ2v) is 7.12. The van der Waals surface area contributed by atoms with Gasteiger partial charge in [-0.05, 0) is 23.8 Å². The highest BCUT2D eigenvalue weighted by Crippen LogP contribution is 2.26. The van der Waals surface area contributed by atoms with E-state index in [1.54, 1.807) is 11.0 Å². The van der Waals surface area contributed by atoms with Crippen LogP contribution in [0.15, 0.2) is 46.1 Å². The Labute approximate surface area is 164 Å². The van der Waals surface area contributed by atoms with Crippen LogP contribution in [0.2, 0.25) is 5.02 Å². The second kappa shape index (κ2) is 7.21. The minimum absolute atomic E-state index is 0.186. The monoisotopic (exact) mass is 399 g/mol. The maximum Gasteiger partial charge on any atom is 0.329 e. The number of amides is 1. The van der Waals surface area contributed by atoms with Crippen molar-refractivity contribution >= 4 is 28.5 Å². The molecule has 0 saturated carbocycles. The summed E-state index contributed by atoms with van der Waals surface area (Å²) in [7, 11) is 1.51. The smallest absolute Gasteiger partial charge is 0.329 e. The van der Waals surface area contributed by atoms with E-state index in [0.717, 1.165) is 5.56 Å². The summed E-state index contributed by atoms with van der Waals surface area (Å²) in [5.41, 5.74) is 0.351. The van der Waals surface area contributed by atoms with Gasteiger partial charge in [0.1, 0.15) is 5.65 Å². The number of aromatic amines is 1. The molecule has 1 aliphatic heterocycles. The molecule has 144 valence electrons. The lowest BCUT2D eigenvalue weighted by atomic mass is 10.0. The van der Waals surface area contributed by atoms with Gasteiger partial charge < -0.3 is 10.2 Å². The van der Waals surface area contributed by atoms with Gasteiger partial charge in [-0.1, -0.05) is 23.7 Å². The van der Waals surface area contributed by atoms with Gasteiger partial charge in [-0.15, -0.1) is 0 Å². The van der Waals surface area contributed by atoms with E-state index < -0.39 is 11.2 Å². The third-order valence-electron chi connectivity index (χ3n) is 4.94. The molecule has 0 radical (unpaired) electrons. The van der Waals surface area contributed by atoms with Gasteiger partial charge in [-0.25, -0.2) is 9.78 Å². The molecule has 1 fully saturated rings. The number of aromatic nitrogens is 3. The van der Waals surface area contributed by atoms with Gasteiger partial charge in [0.05, 0.1) is 17.0 Å². The first kappa shape index (κ1) is 18.4. The van der Waals surface area contributed by atoms with Gasteiger partial charge in [0.25, 0.3) is 11.5 Å². The molecule has 2 N–H and O–H groups in total. The van der Waals surface area contributed by atoms with Gasteiger partial charge in [-0.2, -0.15) is 0 Å². The number of rotatable bonds is 2. The number of halogens is 1. The highest BCUT2D eigenvalue weighted by atomic mass is 35.5. The molecule has 2 aromatic heterocycles. The van der Waals surface area contributed by atoms with Gasteiger partial charge in [0.2, 0.25) is 0 Å². The molecule has 1 atom stereocenters. The van der Waals surface area contributed by atoms with Crippen LogP contribution in [0.25, 0.3) is 11.0 Å². The van der Waals surface area contributed by atoms with Crippen LogP contribution in [-0.2, 0) is 7.05 Å². The summed E-state index contributed by atoms with van der Waals surface area (Å²) < 4.78 is 1.24. The molecule has 9 heteroatoms. The lowest BCUT2D eigenvalue weighted by Gasteiger charge is -2.36. The number of carbonyl (C=O) groups excluding carboxylic acids is 1. The molecule has 1 aliphatic rings. The summed E-state index contributed by atoms with van der Waals surface area (Å²) in [4.78, 5) is 45.3. The Morgan fingerprint density at radius 3 is 2.89 bits per heavy atom. The SMILES string of the molecule is Cn1c(=O)[nH]c(=O)c2cc(C(=O)N3CCNCC3c3cccc(Cl)c3)cnc21. The van der Waals surface area contributed by atoms with Crippen molar-refractivity contribution in [2.75, 3.05) is 19.6 Å². The largest absolute Gasteiger partial charge is 0.329 e. The normalized spacial score (nSPS) is 17.1. The van der Waals surface area contributed by atoms with Crippen LogP contribution in [-0.4, -0.2) is 45.0 Å². The predicted molar refractivity (Wildman–Crippen MR) is 106 cm³/mol. The van der Waals surface area contributed by atoms with Crippen molar-refractivity contribution in [3.05, 3.63) is 73.5 Å². The van der Waals surface area contributed by atoms with E-state index >= 15 is 0 Å². The number of fused-ring (bicyclic) bond motifs is 1. The second-order valence-electron chi connectivity index (χ2n) is 6.69. The van der Waals surface area contributed by atoms with Crippen LogP contribution in [0.3, 0.4) is 0 Å². The fourth-order valence-corrected chi connectivity index (χ4v) is 3.68. The number of nitrogens with one attached hydrogen (secondary N) is 2. The molecule has 1 aromatic carbocycles. The third-order valence-corrected chi connectivity index (χ3v) is 5.17. The molecule has 1 saturated heterocycles. The summed E-state index contributed by atoms with van der Waals surface area (Å²) in [6, 6.07) is 8.72. The summed E-state index contributed by atoms with van der Waals surface area (Å²) in [6.45, 7) is 1.78. The number of carbonyl (C=O) groups is 1. The van der Waals surface area contributed by atoms with Crippen LogP contribution in [0, 0.1) is 0 Å². The quantitative estimate of drug-likeness (QED) is 0.671. The molecule has 3 heterocycles. The van der Waals surface area contributed by atoms with E-state index in [4.69, 9.17) is 11.6 Å². The van der Waals surface area contributed by atoms with E-state index in [0.29, 0.717) is 30.2 Å². The molecule has 0 spiro atoms. The van der Waals surface area contributed by atoms with Crippen LogP contribution < -0.4 is 16.6 Å². The Balaban J connectivity index is 1.75. The molecule has 0 bridgehead atoms. The van der Waals surface area contributed by atoms with Gasteiger partial charge >= 0.3 is 5.69 Å². The van der Waals surface area contributed by atoms with Gasteiger partial charge in [0.15, 0.2) is 0 Å². The average Bonchev–Trinajstić information content (AvgIpc) is 2.71. The average molecular weight is 400 g/mol. The van der Waals surface area contributed by atoms with E-state index in [-0.39, 0.29) is 23.0 Å². The standard InChI is InChI=1S/C19H18ClN5O3/c1-24-16-14(17(26)23-19(24)28)8-12(9-22-16)18(27)25-6-5-21-10-15(25)11-3-2-4-13(20)7-11/h2-4,7-9,15,21H,5-6,10H2,1H3,(H,23,26,28). The predicted octanol–water partition coefficient (Wildman–Crippen LogP) is 1.06. The molecule has 3 aromatic rings. The van der Waals surface area contributed by atoms with Crippen molar-refractivity contribution < 1.29 is 4.79 Å². The fraction of sp³-hybridized carbons (Fsp3) is 0.263. The number of hydrogen-bond donors (Lipinski definition) is 2. The van der Waals surface area contributed by atoms with Crippen molar-refractivity contribution in [2.45, 2.75) is 6.04 Å². The Hall–Kier alpha value is -2.97. The van der Waals surface area contributed by atoms with Gasteiger partial charge in [-0.3, -0.25) is 19.1 Å². The van der Waals surface area contributed by atoms with Crippen molar-refractivity contribution in [1.82, 2.24) is 24.8 Å². The van der Waals surface area contributed by atoms with Crippen molar-refractivity contribution in [2.24, 2.45) is 7.05 Å². The number of piperazine rings is 1. The van der Waals surface area contributed by atoms with E-state index in [1.165, 1.54) is 23.9 Å². The lowest BCUT2D eigenvalue weighted by Crippen LogP contribution is -2.48. The highest BCUT2D eigenvalue weighted by molar-refractivity contribution is 6.30. The Bertz CT molecular complexity index is 1190. The Morgan fingerprint density at radius 1 is 1.29 bits per heavy atom. The van der Waals surface area contributed by atoms with Crippen LogP contribution in [0.1, 0.15) is 22.0 Å². The Kier molecular flexibility index (Phi) is 4.74. The summed E-state index contributed by atoms with van der Waals surface area (Å²) in [5, 5.41) is 4.10. The van der Waals surface area contributed by atoms with Gasteiger partial charge in [0, 0.05) is 37.9 Å². The molecule has 28 heavy (non-hydrogen) atoms. The zero-order valence-electron chi connectivity index (χ0n) is 15.1. The number of hydrogen-bond acceptors (Lipinski definition) is 5. The lowest BCUT2D eigenvalue weighted by molar-refractivity contribution is 0.0634. The van der Waals surface area contributed by atoms with Crippen molar-refractivity contribution in [3.63, 3.8) is 0 Å². The van der Waals surface area contributed by atoms with Crippen LogP contribution in [0.5, 0.6) is 0 Å². The maximum atomic E-state index is 13.2. The molecule has 8 nitrogen and oxygen atoms in total. The number of benzene rings is 1. The summed E-state index contributed by atoms with van der Waals surface area (Å²) in [6.07, 6.45) is 1.40. The minimum Gasteiger partial charge on any atom is -0.329 e. The third kappa shape index (κ3) is 3.21. The number of H-pyrrole nitrogens is 1. The summed E-state index contributed by atoms with van der Waals surface area (Å²) in [5.74, 6) is -0.228. The Morgan fingerprint density at radius 2 is 2.11 bits per heavy atom. The molecule has 1 amide bonds. The topological polar surface area (TPSA) is 100 Å². The molecule has 4 rings (SSSR count). The zero-order valence-corrected chi connectivity index (χ0v) is 15.9. The van der Waals surface area contributed by atoms with E-state index in [9.17, 15) is 14.4 Å². The number of pyridine rings is 1. The minimum atomic E-state index is -0.563. The fourth-order valence-electron chi connectivity index (χ4n) is 3.48. The highest BCUT2D eigenvalue weighted by Gasteiger charge is 2.29. The number of aryl methyl sites for hydroxylation is 1. The van der Waals surface area contributed by atoms with Crippen molar-refractivity contribution in [1.29, 1.82) is 0 Å². The molecule has 1 unspecified atom stereocenters. The first-order chi connectivity index (χ1) is 13.5. The van der Waals surface area contributed by atoms with Crippen molar-refractivity contribution in [3.8, 4) is 0 Å². The molecular formula is C19H18ClN5O3. The first-order valence-corrected chi connectivity index (χ1v) is 9.20. The summed E-state index contributed by atoms with van der Waals surface area (Å²) >= 11 is 6.12. The van der Waals surface area contributed by atoms with Crippen LogP contribution >= 0.6 is 11.6 Å². The van der Waals surface area contributed by atoms with Crippen LogP contribution in [0.4, 0.5) is 0 Å². The first-order valence-electron chi connectivity index (χ1n) is 8.82. The molecule has 0 aliphatic carbocycles. The molecular weight excluding hydrogens is 382 g/mol. The zero-order chi connectivity index (χ0) is 19.8. The van der Waals surface area contributed by atoms with E-state index in [1.807, 2.05) is 18.2 Å². The number of nitrogens with zero attached hydrogens (tertiary/aromatic N) is 3. The van der Waals surface area contributed by atoms with E-state index in [2.05, 4.69) is 15.3 Å². The maximum absolute atomic E-state index is 13.2.